The molecule has 2 rings (SSSR count). The Morgan fingerprint density at radius 3 is 1.83 bits per heavy atom. The van der Waals surface area contributed by atoms with Crippen molar-refractivity contribution in [2.45, 2.75) is 12.4 Å². The van der Waals surface area contributed by atoms with E-state index in [2.05, 4.69) is 15.3 Å². The Hall–Kier alpha value is -3.25. The zero-order chi connectivity index (χ0) is 22.9. The highest BCUT2D eigenvalue weighted by molar-refractivity contribution is 6.01. The van der Waals surface area contributed by atoms with Crippen molar-refractivity contribution >= 4 is 29.2 Å². The summed E-state index contributed by atoms with van der Waals surface area (Å²) in [6.45, 7) is 0. The number of hydrogen-bond acceptors (Lipinski definition) is 5. The highest BCUT2D eigenvalue weighted by Crippen LogP contribution is 2.37. The number of rotatable bonds is 4. The minimum absolute atomic E-state index is 0.0267. The standard InChI is InChI=1S/C17H18F6N6O/c1-28(2)13-12(8-24-14(27-13)29(3)4)26-15(30)25-11-6-9(16(18,19)20)5-10(7-11)17(21,22)23/h5-8H,1-4H3,(H2,25,26,30). The number of nitrogens with one attached hydrogen (secondary N) is 2. The van der Waals surface area contributed by atoms with Gasteiger partial charge >= 0.3 is 18.4 Å². The van der Waals surface area contributed by atoms with Crippen molar-refractivity contribution in [1.29, 1.82) is 0 Å². The van der Waals surface area contributed by atoms with E-state index < -0.39 is 35.2 Å². The third kappa shape index (κ3) is 5.64. The molecule has 0 radical (unpaired) electrons. The maximum atomic E-state index is 12.9. The van der Waals surface area contributed by atoms with Gasteiger partial charge in [0.05, 0.1) is 17.3 Å². The Balaban J connectivity index is 2.33. The molecule has 2 aromatic rings. The number of anilines is 4. The van der Waals surface area contributed by atoms with Crippen molar-refractivity contribution in [3.8, 4) is 0 Å². The first-order valence-corrected chi connectivity index (χ1v) is 8.27. The van der Waals surface area contributed by atoms with Gasteiger partial charge in [0.25, 0.3) is 0 Å². The van der Waals surface area contributed by atoms with Gasteiger partial charge in [-0.3, -0.25) is 0 Å². The summed E-state index contributed by atoms with van der Waals surface area (Å²) < 4.78 is 77.7. The second-order valence-electron chi connectivity index (χ2n) is 6.57. The third-order valence-corrected chi connectivity index (χ3v) is 3.67. The average Bonchev–Trinajstić information content (AvgIpc) is 2.59. The van der Waals surface area contributed by atoms with Crippen LogP contribution < -0.4 is 20.4 Å². The SMILES string of the molecule is CN(C)c1ncc(NC(=O)Nc2cc(C(F)(F)F)cc(C(F)(F)F)c2)c(N(C)C)n1. The lowest BCUT2D eigenvalue weighted by atomic mass is 10.1. The monoisotopic (exact) mass is 436 g/mol. The molecular weight excluding hydrogens is 418 g/mol. The van der Waals surface area contributed by atoms with E-state index in [4.69, 9.17) is 0 Å². The van der Waals surface area contributed by atoms with Crippen LogP contribution in [0.1, 0.15) is 11.1 Å². The zero-order valence-electron chi connectivity index (χ0n) is 16.3. The molecule has 13 heteroatoms. The van der Waals surface area contributed by atoms with Crippen molar-refractivity contribution in [1.82, 2.24) is 9.97 Å². The van der Waals surface area contributed by atoms with Crippen molar-refractivity contribution in [2.24, 2.45) is 0 Å². The number of hydrogen-bond donors (Lipinski definition) is 2. The quantitative estimate of drug-likeness (QED) is 0.700. The predicted molar refractivity (Wildman–Crippen MR) is 99.8 cm³/mol. The molecule has 0 unspecified atom stereocenters. The fourth-order valence-electron chi connectivity index (χ4n) is 2.32. The van der Waals surface area contributed by atoms with Gasteiger partial charge in [-0.25, -0.2) is 9.78 Å². The van der Waals surface area contributed by atoms with Crippen LogP contribution in [-0.4, -0.2) is 44.2 Å². The minimum Gasteiger partial charge on any atom is -0.361 e. The molecule has 1 aromatic carbocycles. The van der Waals surface area contributed by atoms with E-state index in [0.717, 1.165) is 0 Å². The second-order valence-corrected chi connectivity index (χ2v) is 6.57. The molecule has 0 aliphatic heterocycles. The lowest BCUT2D eigenvalue weighted by Crippen LogP contribution is -2.24. The van der Waals surface area contributed by atoms with Crippen molar-refractivity contribution < 1.29 is 31.1 Å². The van der Waals surface area contributed by atoms with Crippen LogP contribution in [0.25, 0.3) is 0 Å². The molecule has 0 aliphatic carbocycles. The number of alkyl halides is 6. The summed E-state index contributed by atoms with van der Waals surface area (Å²) in [6, 6.07) is -0.270. The molecule has 7 nitrogen and oxygen atoms in total. The number of nitrogens with zero attached hydrogens (tertiary/aromatic N) is 4. The molecule has 0 bridgehead atoms. The highest BCUT2D eigenvalue weighted by Gasteiger charge is 2.37. The molecule has 30 heavy (non-hydrogen) atoms. The van der Waals surface area contributed by atoms with E-state index >= 15 is 0 Å². The zero-order valence-corrected chi connectivity index (χ0v) is 16.3. The smallest absolute Gasteiger partial charge is 0.361 e. The Bertz CT molecular complexity index is 894. The van der Waals surface area contributed by atoms with Crippen LogP contribution in [0, 0.1) is 0 Å². The molecule has 0 atom stereocenters. The molecule has 2 N–H and O–H groups in total. The first-order chi connectivity index (χ1) is 13.7. The fraction of sp³-hybridized carbons (Fsp3) is 0.353. The topological polar surface area (TPSA) is 73.4 Å². The Labute approximate surface area is 167 Å². The van der Waals surface area contributed by atoms with Crippen molar-refractivity contribution in [3.05, 3.63) is 35.5 Å². The van der Waals surface area contributed by atoms with Crippen molar-refractivity contribution in [3.63, 3.8) is 0 Å². The van der Waals surface area contributed by atoms with Gasteiger partial charge in [-0.2, -0.15) is 31.3 Å². The number of carbonyl (C=O) groups is 1. The van der Waals surface area contributed by atoms with Gasteiger partial charge in [-0.1, -0.05) is 0 Å². The molecule has 0 fully saturated rings. The summed E-state index contributed by atoms with van der Waals surface area (Å²) in [4.78, 5) is 23.6. The predicted octanol–water partition coefficient (Wildman–Crippen LogP) is 4.29. The number of urea groups is 1. The summed E-state index contributed by atoms with van der Waals surface area (Å²) >= 11 is 0. The summed E-state index contributed by atoms with van der Waals surface area (Å²) in [5.41, 5.74) is -3.65. The summed E-state index contributed by atoms with van der Waals surface area (Å²) in [5, 5.41) is 4.31. The van der Waals surface area contributed by atoms with E-state index in [1.54, 1.807) is 38.0 Å². The van der Waals surface area contributed by atoms with Crippen LogP contribution in [0.2, 0.25) is 0 Å². The summed E-state index contributed by atoms with van der Waals surface area (Å²) in [7, 11) is 6.65. The maximum absolute atomic E-state index is 12.9. The van der Waals surface area contributed by atoms with Crippen LogP contribution in [-0.2, 0) is 12.4 Å². The highest BCUT2D eigenvalue weighted by atomic mass is 19.4. The molecule has 2 amide bonds. The average molecular weight is 436 g/mol. The molecule has 0 aliphatic rings. The van der Waals surface area contributed by atoms with E-state index in [1.807, 2.05) is 5.32 Å². The number of amides is 2. The molecule has 1 aromatic heterocycles. The lowest BCUT2D eigenvalue weighted by Gasteiger charge is -2.19. The third-order valence-electron chi connectivity index (χ3n) is 3.67. The maximum Gasteiger partial charge on any atom is 0.416 e. The number of benzene rings is 1. The molecule has 1 heterocycles. The van der Waals surface area contributed by atoms with Gasteiger partial charge in [0.2, 0.25) is 5.95 Å². The van der Waals surface area contributed by atoms with Gasteiger partial charge in [-0.05, 0) is 18.2 Å². The van der Waals surface area contributed by atoms with Gasteiger partial charge in [0, 0.05) is 33.9 Å². The Morgan fingerprint density at radius 1 is 0.867 bits per heavy atom. The molecule has 0 spiro atoms. The van der Waals surface area contributed by atoms with Crippen LogP contribution in [0.4, 0.5) is 54.3 Å². The first-order valence-electron chi connectivity index (χ1n) is 8.27. The number of aromatic nitrogens is 2. The van der Waals surface area contributed by atoms with Gasteiger partial charge < -0.3 is 20.4 Å². The van der Waals surface area contributed by atoms with Gasteiger partial charge in [0.1, 0.15) is 5.69 Å². The van der Waals surface area contributed by atoms with Gasteiger partial charge in [-0.15, -0.1) is 0 Å². The molecule has 0 saturated heterocycles. The van der Waals surface area contributed by atoms with Crippen LogP contribution in [0.15, 0.2) is 24.4 Å². The van der Waals surface area contributed by atoms with E-state index in [1.165, 1.54) is 6.20 Å². The van der Waals surface area contributed by atoms with Crippen LogP contribution in [0.5, 0.6) is 0 Å². The summed E-state index contributed by atoms with van der Waals surface area (Å²) in [6.07, 6.45) is -8.78. The molecule has 164 valence electrons. The normalized spacial score (nSPS) is 11.8. The summed E-state index contributed by atoms with van der Waals surface area (Å²) in [5.74, 6) is 0.612. The van der Waals surface area contributed by atoms with Crippen molar-refractivity contribution in [2.75, 3.05) is 48.6 Å². The largest absolute Gasteiger partial charge is 0.416 e. The second kappa shape index (κ2) is 8.24. The van der Waals surface area contributed by atoms with Crippen LogP contribution in [0.3, 0.4) is 0 Å². The Kier molecular flexibility index (Phi) is 6.33. The fourth-order valence-corrected chi connectivity index (χ4v) is 2.32. The lowest BCUT2D eigenvalue weighted by molar-refractivity contribution is -0.143. The van der Waals surface area contributed by atoms with E-state index in [0.29, 0.717) is 18.1 Å². The van der Waals surface area contributed by atoms with Crippen LogP contribution >= 0.6 is 0 Å². The number of halogens is 6. The molecular formula is C17H18F6N6O. The van der Waals surface area contributed by atoms with E-state index in [-0.39, 0.29) is 17.6 Å². The first kappa shape index (κ1) is 23.0. The van der Waals surface area contributed by atoms with E-state index in [9.17, 15) is 31.1 Å². The van der Waals surface area contributed by atoms with Gasteiger partial charge in [0.15, 0.2) is 5.82 Å². The number of carbonyl (C=O) groups excluding carboxylic acids is 1. The molecule has 0 saturated carbocycles. The minimum atomic E-state index is -5.03. The Morgan fingerprint density at radius 2 is 1.40 bits per heavy atom.